The van der Waals surface area contributed by atoms with Crippen molar-refractivity contribution in [3.8, 4) is 0 Å². The van der Waals surface area contributed by atoms with Gasteiger partial charge in [-0.05, 0) is 6.26 Å². The molecule has 8 heavy (non-hydrogen) atoms. The van der Waals surface area contributed by atoms with Crippen LogP contribution in [-0.2, 0) is 4.74 Å². The Morgan fingerprint density at radius 2 is 2.38 bits per heavy atom. The van der Waals surface area contributed by atoms with Crippen LogP contribution in [0.1, 0.15) is 0 Å². The largest absolute Gasteiger partial charge is 0.362 e. The summed E-state index contributed by atoms with van der Waals surface area (Å²) in [6, 6.07) is 0. The Labute approximate surface area is 53.0 Å². The summed E-state index contributed by atoms with van der Waals surface area (Å²) in [7, 11) is 0. The third-order valence-electron chi connectivity index (χ3n) is 1.24. The molecule has 1 saturated heterocycles. The lowest BCUT2D eigenvalue weighted by molar-refractivity contribution is 0.0119. The van der Waals surface area contributed by atoms with Gasteiger partial charge in [0.25, 0.3) is 0 Å². The molecule has 0 aromatic heterocycles. The maximum Gasteiger partial charge on any atom is 0.323 e. The van der Waals surface area contributed by atoms with Gasteiger partial charge >= 0.3 is 4.87 Å². The van der Waals surface area contributed by atoms with Crippen molar-refractivity contribution in [2.75, 3.05) is 19.5 Å². The first kappa shape index (κ1) is 5.93. The molecule has 0 amide bonds. The van der Waals surface area contributed by atoms with Crippen LogP contribution in [0.15, 0.2) is 0 Å². The Kier molecular flexibility index (Phi) is 1.45. The van der Waals surface area contributed by atoms with Crippen molar-refractivity contribution in [1.82, 2.24) is 0 Å². The van der Waals surface area contributed by atoms with E-state index < -0.39 is 0 Å². The van der Waals surface area contributed by atoms with Gasteiger partial charge in [-0.3, -0.25) is 4.85 Å². The van der Waals surface area contributed by atoms with Crippen molar-refractivity contribution in [2.24, 2.45) is 0 Å². The second-order valence-corrected chi connectivity index (χ2v) is 2.92. The molecule has 2 nitrogen and oxygen atoms in total. The van der Waals surface area contributed by atoms with Crippen molar-refractivity contribution in [3.63, 3.8) is 0 Å². The van der Waals surface area contributed by atoms with Crippen LogP contribution >= 0.6 is 11.8 Å². The molecule has 0 saturated carbocycles. The highest BCUT2D eigenvalue weighted by Crippen LogP contribution is 2.32. The number of thioether (sulfide) groups is 1. The molecule has 0 bridgehead atoms. The van der Waals surface area contributed by atoms with E-state index in [1.807, 2.05) is 6.26 Å². The maximum absolute atomic E-state index is 6.73. The Morgan fingerprint density at radius 1 is 1.75 bits per heavy atom. The average Bonchev–Trinajstić information content (AvgIpc) is 1.67. The molecule has 1 aliphatic rings. The van der Waals surface area contributed by atoms with Gasteiger partial charge in [0.05, 0.1) is 0 Å². The molecule has 0 N–H and O–H groups in total. The summed E-state index contributed by atoms with van der Waals surface area (Å²) in [5, 5.41) is 0. The molecule has 0 aliphatic carbocycles. The Bertz CT molecular complexity index is 119. The van der Waals surface area contributed by atoms with E-state index in [0.717, 1.165) is 0 Å². The fraction of sp³-hybridized carbons (Fsp3) is 0.800. The smallest absolute Gasteiger partial charge is 0.323 e. The van der Waals surface area contributed by atoms with Gasteiger partial charge in [0.1, 0.15) is 13.2 Å². The minimum Gasteiger partial charge on any atom is -0.362 e. The normalized spacial score (nSPS) is 23.5. The van der Waals surface area contributed by atoms with E-state index in [0.29, 0.717) is 13.2 Å². The number of hydrogen-bond acceptors (Lipinski definition) is 2. The first-order chi connectivity index (χ1) is 3.83. The second kappa shape index (κ2) is 1.96. The molecule has 0 spiro atoms. The van der Waals surface area contributed by atoms with Gasteiger partial charge in [0.2, 0.25) is 0 Å². The van der Waals surface area contributed by atoms with E-state index in [9.17, 15) is 0 Å². The average molecular weight is 129 g/mol. The van der Waals surface area contributed by atoms with E-state index in [1.54, 1.807) is 11.8 Å². The van der Waals surface area contributed by atoms with Crippen molar-refractivity contribution in [3.05, 3.63) is 11.4 Å². The number of ether oxygens (including phenoxy) is 1. The van der Waals surface area contributed by atoms with E-state index >= 15 is 0 Å². The zero-order valence-corrected chi connectivity index (χ0v) is 5.49. The van der Waals surface area contributed by atoms with Gasteiger partial charge in [-0.2, -0.15) is 0 Å². The van der Waals surface area contributed by atoms with Gasteiger partial charge < -0.3 is 4.74 Å². The second-order valence-electron chi connectivity index (χ2n) is 1.75. The van der Waals surface area contributed by atoms with Crippen molar-refractivity contribution in [1.29, 1.82) is 0 Å². The van der Waals surface area contributed by atoms with Crippen LogP contribution < -0.4 is 0 Å². The molecule has 0 unspecified atom stereocenters. The SMILES string of the molecule is [C-]#[N+]C1(SC)COC1. The summed E-state index contributed by atoms with van der Waals surface area (Å²) >= 11 is 1.58. The van der Waals surface area contributed by atoms with Gasteiger partial charge in [0.15, 0.2) is 0 Å². The lowest BCUT2D eigenvalue weighted by Crippen LogP contribution is -2.43. The van der Waals surface area contributed by atoms with Gasteiger partial charge in [-0.1, -0.05) is 11.8 Å². The third kappa shape index (κ3) is 0.702. The number of hydrogen-bond donors (Lipinski definition) is 0. The Morgan fingerprint density at radius 3 is 2.38 bits per heavy atom. The highest BCUT2D eigenvalue weighted by molar-refractivity contribution is 8.00. The molecule has 0 aromatic rings. The molecular formula is C5H7NOS. The first-order valence-electron chi connectivity index (χ1n) is 2.34. The summed E-state index contributed by atoms with van der Waals surface area (Å²) in [4.78, 5) is 3.22. The minimum absolute atomic E-state index is 0.208. The van der Waals surface area contributed by atoms with Crippen molar-refractivity contribution < 1.29 is 4.74 Å². The highest BCUT2D eigenvalue weighted by Gasteiger charge is 2.44. The minimum atomic E-state index is -0.208. The molecule has 3 heteroatoms. The molecular weight excluding hydrogens is 122 g/mol. The number of nitrogens with zero attached hydrogens (tertiary/aromatic N) is 1. The van der Waals surface area contributed by atoms with Crippen LogP contribution in [0.4, 0.5) is 0 Å². The fourth-order valence-electron chi connectivity index (χ4n) is 0.505. The van der Waals surface area contributed by atoms with E-state index in [-0.39, 0.29) is 4.87 Å². The topological polar surface area (TPSA) is 13.6 Å². The summed E-state index contributed by atoms with van der Waals surface area (Å²) < 4.78 is 4.89. The number of rotatable bonds is 1. The van der Waals surface area contributed by atoms with Crippen LogP contribution in [0.3, 0.4) is 0 Å². The Hall–Kier alpha value is -0.200. The Balaban J connectivity index is 2.49. The van der Waals surface area contributed by atoms with Crippen molar-refractivity contribution in [2.45, 2.75) is 4.87 Å². The third-order valence-corrected chi connectivity index (χ3v) is 2.33. The summed E-state index contributed by atoms with van der Waals surface area (Å²) in [6.45, 7) is 7.95. The van der Waals surface area contributed by atoms with Crippen LogP contribution in [0.2, 0.25) is 0 Å². The van der Waals surface area contributed by atoms with Crippen LogP contribution in [0.25, 0.3) is 4.85 Å². The van der Waals surface area contributed by atoms with Gasteiger partial charge in [-0.25, -0.2) is 6.57 Å². The quantitative estimate of drug-likeness (QED) is 0.490. The van der Waals surface area contributed by atoms with Crippen LogP contribution in [-0.4, -0.2) is 24.3 Å². The molecule has 0 radical (unpaired) electrons. The molecule has 1 aliphatic heterocycles. The molecule has 1 heterocycles. The maximum atomic E-state index is 6.73. The van der Waals surface area contributed by atoms with E-state index in [4.69, 9.17) is 11.3 Å². The molecule has 1 rings (SSSR count). The molecule has 0 atom stereocenters. The predicted molar refractivity (Wildman–Crippen MR) is 33.7 cm³/mol. The van der Waals surface area contributed by atoms with Crippen LogP contribution in [0.5, 0.6) is 0 Å². The zero-order chi connectivity index (χ0) is 6.04. The van der Waals surface area contributed by atoms with Crippen LogP contribution in [0, 0.1) is 6.57 Å². The van der Waals surface area contributed by atoms with Gasteiger partial charge in [0, 0.05) is 0 Å². The predicted octanol–water partition coefficient (Wildman–Crippen LogP) is 0.995. The zero-order valence-electron chi connectivity index (χ0n) is 4.68. The first-order valence-corrected chi connectivity index (χ1v) is 3.57. The van der Waals surface area contributed by atoms with Gasteiger partial charge in [-0.15, -0.1) is 0 Å². The molecule has 1 fully saturated rings. The molecule has 0 aromatic carbocycles. The fourth-order valence-corrected chi connectivity index (χ4v) is 0.998. The van der Waals surface area contributed by atoms with E-state index in [2.05, 4.69) is 4.85 Å². The summed E-state index contributed by atoms with van der Waals surface area (Å²) in [5.74, 6) is 0. The van der Waals surface area contributed by atoms with Crippen molar-refractivity contribution >= 4 is 11.8 Å². The van der Waals surface area contributed by atoms with E-state index in [1.165, 1.54) is 0 Å². The lowest BCUT2D eigenvalue weighted by atomic mass is 10.3. The monoisotopic (exact) mass is 129 g/mol. The lowest BCUT2D eigenvalue weighted by Gasteiger charge is -2.27. The standard InChI is InChI=1S/C5H7NOS/c1-6-5(8-2)3-7-4-5/h3-4H2,2H3. The summed E-state index contributed by atoms with van der Waals surface area (Å²) in [6.07, 6.45) is 1.94. The highest BCUT2D eigenvalue weighted by atomic mass is 32.2. The molecule has 44 valence electrons. The summed E-state index contributed by atoms with van der Waals surface area (Å²) in [5.41, 5.74) is 0.